The Morgan fingerprint density at radius 3 is 3.11 bits per heavy atom. The van der Waals surface area contributed by atoms with E-state index < -0.39 is 0 Å². The lowest BCUT2D eigenvalue weighted by Crippen LogP contribution is -2.26. The quantitative estimate of drug-likeness (QED) is 0.366. The summed E-state index contributed by atoms with van der Waals surface area (Å²) >= 11 is 0. The first-order chi connectivity index (χ1) is 9.15. The van der Waals surface area contributed by atoms with Crippen LogP contribution < -0.4 is 10.6 Å². The predicted molar refractivity (Wildman–Crippen MR) is 73.7 cm³/mol. The molecule has 104 valence electrons. The number of nitrogens with two attached hydrogens (primary N) is 1. The molecule has 0 spiro atoms. The Hall–Kier alpha value is -1.82. The molecule has 0 bridgehead atoms. The highest BCUT2D eigenvalue weighted by Gasteiger charge is 2.26. The minimum Gasteiger partial charge on any atom is -0.409 e. The second-order valence-electron chi connectivity index (χ2n) is 4.87. The van der Waals surface area contributed by atoms with E-state index in [1.165, 1.54) is 0 Å². The van der Waals surface area contributed by atoms with Crippen molar-refractivity contribution in [3.8, 4) is 0 Å². The molecule has 0 amide bonds. The van der Waals surface area contributed by atoms with Gasteiger partial charge in [0.1, 0.15) is 5.82 Å². The Kier molecular flexibility index (Phi) is 4.21. The summed E-state index contributed by atoms with van der Waals surface area (Å²) in [5.74, 6) is 1.39. The maximum Gasteiger partial charge on any atom is 0.173 e. The number of ether oxygens (including phenoxy) is 1. The fourth-order valence-electron chi connectivity index (χ4n) is 2.43. The molecule has 1 fully saturated rings. The number of rotatable bonds is 4. The Morgan fingerprint density at radius 1 is 1.63 bits per heavy atom. The summed E-state index contributed by atoms with van der Waals surface area (Å²) in [5, 5.41) is 11.9. The molecule has 6 nitrogen and oxygen atoms in total. The standard InChI is InChI=1S/C13H20N4O2/c1-9-3-4-11(12(14)16-18)13(15-9)17-6-5-10(7-17)8-19-2/h3-4,10,18H,5-8H2,1-2H3,(H2,14,16). The van der Waals surface area contributed by atoms with Gasteiger partial charge in [-0.1, -0.05) is 5.16 Å². The summed E-state index contributed by atoms with van der Waals surface area (Å²) in [6.07, 6.45) is 1.07. The van der Waals surface area contributed by atoms with Gasteiger partial charge in [-0.25, -0.2) is 4.98 Å². The zero-order valence-corrected chi connectivity index (χ0v) is 11.3. The minimum atomic E-state index is 0.0951. The van der Waals surface area contributed by atoms with Crippen LogP contribution in [0.5, 0.6) is 0 Å². The van der Waals surface area contributed by atoms with Crippen LogP contribution in [0.3, 0.4) is 0 Å². The van der Waals surface area contributed by atoms with Crippen molar-refractivity contribution in [3.63, 3.8) is 0 Å². The lowest BCUT2D eigenvalue weighted by Gasteiger charge is -2.20. The highest BCUT2D eigenvalue weighted by atomic mass is 16.5. The van der Waals surface area contributed by atoms with Gasteiger partial charge in [0.25, 0.3) is 0 Å². The normalized spacial score (nSPS) is 20.0. The van der Waals surface area contributed by atoms with Crippen LogP contribution in [0.2, 0.25) is 0 Å². The van der Waals surface area contributed by atoms with Crippen LogP contribution in [0.15, 0.2) is 17.3 Å². The number of amidine groups is 1. The molecule has 19 heavy (non-hydrogen) atoms. The van der Waals surface area contributed by atoms with Crippen molar-refractivity contribution in [2.75, 3.05) is 31.7 Å². The van der Waals surface area contributed by atoms with Crippen LogP contribution in [0.25, 0.3) is 0 Å². The van der Waals surface area contributed by atoms with Gasteiger partial charge in [0.15, 0.2) is 5.84 Å². The van der Waals surface area contributed by atoms with E-state index in [1.54, 1.807) is 7.11 Å². The highest BCUT2D eigenvalue weighted by molar-refractivity contribution is 6.01. The largest absolute Gasteiger partial charge is 0.409 e. The van der Waals surface area contributed by atoms with Crippen molar-refractivity contribution in [2.24, 2.45) is 16.8 Å². The van der Waals surface area contributed by atoms with Crippen molar-refractivity contribution >= 4 is 11.7 Å². The summed E-state index contributed by atoms with van der Waals surface area (Å²) in [7, 11) is 1.72. The van der Waals surface area contributed by atoms with Crippen LogP contribution in [-0.4, -0.2) is 42.8 Å². The SMILES string of the molecule is COCC1CCN(c2nc(C)ccc2C(N)=NO)C1. The van der Waals surface area contributed by atoms with Crippen LogP contribution in [0.1, 0.15) is 17.7 Å². The third-order valence-electron chi connectivity index (χ3n) is 3.39. The monoisotopic (exact) mass is 264 g/mol. The number of anilines is 1. The maximum absolute atomic E-state index is 8.86. The molecule has 0 aromatic carbocycles. The second kappa shape index (κ2) is 5.88. The van der Waals surface area contributed by atoms with Crippen molar-refractivity contribution in [1.29, 1.82) is 0 Å². The van der Waals surface area contributed by atoms with Crippen molar-refractivity contribution in [3.05, 3.63) is 23.4 Å². The molecule has 0 saturated carbocycles. The van der Waals surface area contributed by atoms with Gasteiger partial charge < -0.3 is 20.6 Å². The summed E-state index contributed by atoms with van der Waals surface area (Å²) in [6.45, 7) is 4.48. The van der Waals surface area contributed by atoms with Gasteiger partial charge in [-0.3, -0.25) is 0 Å². The highest BCUT2D eigenvalue weighted by Crippen LogP contribution is 2.25. The first-order valence-electron chi connectivity index (χ1n) is 6.35. The van der Waals surface area contributed by atoms with Crippen molar-refractivity contribution in [2.45, 2.75) is 13.3 Å². The van der Waals surface area contributed by atoms with Crippen molar-refractivity contribution < 1.29 is 9.94 Å². The van der Waals surface area contributed by atoms with Crippen LogP contribution in [0.4, 0.5) is 5.82 Å². The summed E-state index contributed by atoms with van der Waals surface area (Å²) in [4.78, 5) is 6.70. The van der Waals surface area contributed by atoms with Gasteiger partial charge in [0.05, 0.1) is 12.2 Å². The average molecular weight is 264 g/mol. The molecule has 1 atom stereocenters. The molecule has 1 aliphatic rings. The molecule has 0 radical (unpaired) electrons. The zero-order valence-electron chi connectivity index (χ0n) is 11.3. The topological polar surface area (TPSA) is 84.0 Å². The van der Waals surface area contributed by atoms with Crippen LogP contribution in [0, 0.1) is 12.8 Å². The Balaban J connectivity index is 2.26. The molecular weight excluding hydrogens is 244 g/mol. The summed E-state index contributed by atoms with van der Waals surface area (Å²) < 4.78 is 5.20. The average Bonchev–Trinajstić information content (AvgIpc) is 2.87. The number of hydrogen-bond acceptors (Lipinski definition) is 5. The number of pyridine rings is 1. The number of methoxy groups -OCH3 is 1. The number of nitrogens with zero attached hydrogens (tertiary/aromatic N) is 3. The van der Waals surface area contributed by atoms with Gasteiger partial charge in [0.2, 0.25) is 0 Å². The number of oxime groups is 1. The lowest BCUT2D eigenvalue weighted by molar-refractivity contribution is 0.161. The fraction of sp³-hybridized carbons (Fsp3) is 0.538. The molecule has 6 heteroatoms. The Morgan fingerprint density at radius 2 is 2.42 bits per heavy atom. The van der Waals surface area contributed by atoms with Crippen LogP contribution >= 0.6 is 0 Å². The zero-order chi connectivity index (χ0) is 13.8. The van der Waals surface area contributed by atoms with Gasteiger partial charge >= 0.3 is 0 Å². The molecule has 1 aliphatic heterocycles. The number of aromatic nitrogens is 1. The maximum atomic E-state index is 8.86. The van der Waals surface area contributed by atoms with Gasteiger partial charge in [0, 0.05) is 31.8 Å². The number of hydrogen-bond donors (Lipinski definition) is 2. The van der Waals surface area contributed by atoms with E-state index in [1.807, 2.05) is 19.1 Å². The first-order valence-corrected chi connectivity index (χ1v) is 6.35. The van der Waals surface area contributed by atoms with E-state index in [0.29, 0.717) is 11.5 Å². The smallest absolute Gasteiger partial charge is 0.173 e. The molecule has 1 aromatic heterocycles. The van der Waals surface area contributed by atoms with Crippen LogP contribution in [-0.2, 0) is 4.74 Å². The third-order valence-corrected chi connectivity index (χ3v) is 3.39. The Bertz CT molecular complexity index is 476. The molecule has 0 aliphatic carbocycles. The third kappa shape index (κ3) is 2.96. The lowest BCUT2D eigenvalue weighted by atomic mass is 10.1. The molecule has 2 rings (SSSR count). The molecule has 3 N–H and O–H groups in total. The van der Waals surface area contributed by atoms with E-state index >= 15 is 0 Å². The van der Waals surface area contributed by atoms with E-state index in [9.17, 15) is 0 Å². The van der Waals surface area contributed by atoms with E-state index in [-0.39, 0.29) is 5.84 Å². The predicted octanol–water partition coefficient (Wildman–Crippen LogP) is 0.957. The molecule has 1 saturated heterocycles. The molecule has 2 heterocycles. The summed E-state index contributed by atoms with van der Waals surface area (Å²) in [6, 6.07) is 3.70. The van der Waals surface area contributed by atoms with E-state index in [4.69, 9.17) is 15.7 Å². The number of aryl methyl sites for hydroxylation is 1. The van der Waals surface area contributed by atoms with Gasteiger partial charge in [-0.15, -0.1) is 0 Å². The first kappa shape index (κ1) is 13.6. The van der Waals surface area contributed by atoms with Crippen molar-refractivity contribution in [1.82, 2.24) is 4.98 Å². The molecular formula is C13H20N4O2. The molecule has 1 aromatic rings. The van der Waals surface area contributed by atoms with E-state index in [0.717, 1.165) is 37.6 Å². The van der Waals surface area contributed by atoms with Gasteiger partial charge in [-0.2, -0.15) is 0 Å². The molecule has 1 unspecified atom stereocenters. The fourth-order valence-corrected chi connectivity index (χ4v) is 2.43. The van der Waals surface area contributed by atoms with E-state index in [2.05, 4.69) is 15.0 Å². The Labute approximate surface area is 112 Å². The summed E-state index contributed by atoms with van der Waals surface area (Å²) in [5.41, 5.74) is 7.30. The second-order valence-corrected chi connectivity index (χ2v) is 4.87. The minimum absolute atomic E-state index is 0.0951. The van der Waals surface area contributed by atoms with Gasteiger partial charge in [-0.05, 0) is 25.5 Å².